The molecule has 33 valence electrons. The van der Waals surface area contributed by atoms with Gasteiger partial charge in [0.2, 0.25) is 0 Å². The Balaban J connectivity index is 0. The van der Waals surface area contributed by atoms with Crippen LogP contribution in [0.5, 0.6) is 0 Å². The van der Waals surface area contributed by atoms with Crippen LogP contribution in [0.1, 0.15) is 0 Å². The smallest absolute Gasteiger partial charge is 0.187 e. The molecule has 0 fully saturated rings. The van der Waals surface area contributed by atoms with Crippen LogP contribution < -0.4 is 0 Å². The van der Waals surface area contributed by atoms with Gasteiger partial charge in [-0.05, 0) is 0 Å². The van der Waals surface area contributed by atoms with Crippen LogP contribution >= 0.6 is 27.0 Å². The van der Waals surface area contributed by atoms with Gasteiger partial charge in [-0.25, -0.2) is 0 Å². The molecule has 0 aliphatic carbocycles. The van der Waals surface area contributed by atoms with Crippen molar-refractivity contribution in [3.05, 3.63) is 0 Å². The van der Waals surface area contributed by atoms with Crippen LogP contribution in [-0.4, -0.2) is 17.4 Å². The van der Waals surface area contributed by atoms with E-state index in [0.29, 0.717) is 0 Å². The summed E-state index contributed by atoms with van der Waals surface area (Å²) in [6.45, 7) is 0. The summed E-state index contributed by atoms with van der Waals surface area (Å²) in [6.07, 6.45) is 0. The van der Waals surface area contributed by atoms with E-state index in [9.17, 15) is 0 Å². The largest absolute Gasteiger partial charge is 0.197 e. The molecule has 1 radical (unpaired) electrons. The molecule has 0 rings (SSSR count). The van der Waals surface area contributed by atoms with E-state index < -0.39 is 0 Å². The van der Waals surface area contributed by atoms with Gasteiger partial charge in [0, 0.05) is 17.1 Å². The van der Waals surface area contributed by atoms with Gasteiger partial charge in [-0.3, -0.25) is 0 Å². The Bertz CT molecular complexity index is 6.00. The Kier molecular flexibility index (Phi) is 231. The van der Waals surface area contributed by atoms with E-state index in [0.717, 1.165) is 0 Å². The van der Waals surface area contributed by atoms with Gasteiger partial charge in [0.05, 0.1) is 0 Å². The zero-order valence-electron chi connectivity index (χ0n) is 1.30. The normalized spacial score (nSPS) is 0. The van der Waals surface area contributed by atoms with E-state index in [1.165, 1.54) is 0 Å². The van der Waals surface area contributed by atoms with Gasteiger partial charge in [-0.15, -0.1) is 0 Å². The molecule has 0 aromatic carbocycles. The molecule has 0 spiro atoms. The summed E-state index contributed by atoms with van der Waals surface area (Å²) in [5.41, 5.74) is 0. The first-order valence-corrected chi connectivity index (χ1v) is 0. The SMILES string of the molecule is S.S.[AlH3].[Cu]. The standard InChI is InChI=1S/Al.Cu.2H2S.3H/h;;2*1H2;;;. The van der Waals surface area contributed by atoms with Gasteiger partial charge < -0.3 is 0 Å². The average molecular weight is 162 g/mol. The molecule has 0 aromatic heterocycles. The van der Waals surface area contributed by atoms with Crippen molar-refractivity contribution in [1.82, 2.24) is 0 Å². The van der Waals surface area contributed by atoms with Gasteiger partial charge in [0.1, 0.15) is 0 Å². The van der Waals surface area contributed by atoms with Crippen molar-refractivity contribution in [1.29, 1.82) is 0 Å². The van der Waals surface area contributed by atoms with Crippen molar-refractivity contribution in [2.45, 2.75) is 0 Å². The molecular formula is H7AlCuS2. The van der Waals surface area contributed by atoms with Crippen LogP contribution in [0, 0.1) is 0 Å². The summed E-state index contributed by atoms with van der Waals surface area (Å²) in [4.78, 5) is 0. The van der Waals surface area contributed by atoms with E-state index in [-0.39, 0.29) is 61.4 Å². The summed E-state index contributed by atoms with van der Waals surface area (Å²) in [5, 5.41) is 0. The number of hydrogen-bond acceptors (Lipinski definition) is 0. The first kappa shape index (κ1) is 42.3. The van der Waals surface area contributed by atoms with Gasteiger partial charge in [-0.1, -0.05) is 0 Å². The van der Waals surface area contributed by atoms with Crippen LogP contribution in [0.15, 0.2) is 0 Å². The van der Waals surface area contributed by atoms with E-state index in [4.69, 9.17) is 0 Å². The van der Waals surface area contributed by atoms with Crippen molar-refractivity contribution < 1.29 is 17.1 Å². The summed E-state index contributed by atoms with van der Waals surface area (Å²) in [7, 11) is 0. The maximum Gasteiger partial charge on any atom is 0.187 e. The van der Waals surface area contributed by atoms with Crippen molar-refractivity contribution in [3.63, 3.8) is 0 Å². The van der Waals surface area contributed by atoms with E-state index in [2.05, 4.69) is 0 Å². The minimum atomic E-state index is 0. The van der Waals surface area contributed by atoms with Crippen LogP contribution in [-0.2, 0) is 17.1 Å². The summed E-state index contributed by atoms with van der Waals surface area (Å²) < 4.78 is 0. The Hall–Kier alpha value is 1.75. The van der Waals surface area contributed by atoms with Crippen LogP contribution in [0.2, 0.25) is 0 Å². The molecule has 4 heavy (non-hydrogen) atoms. The molecule has 0 nitrogen and oxygen atoms in total. The van der Waals surface area contributed by atoms with Crippen molar-refractivity contribution in [3.8, 4) is 0 Å². The summed E-state index contributed by atoms with van der Waals surface area (Å²) >= 11 is 0. The van der Waals surface area contributed by atoms with Gasteiger partial charge >= 0.3 is 0 Å². The number of hydrogen-bond donors (Lipinski definition) is 0. The Morgan fingerprint density at radius 2 is 0.750 bits per heavy atom. The van der Waals surface area contributed by atoms with E-state index in [1.54, 1.807) is 0 Å². The molecule has 4 heteroatoms. The molecule has 0 amide bonds. The summed E-state index contributed by atoms with van der Waals surface area (Å²) in [6, 6.07) is 0. The fraction of sp³-hybridized carbons (Fsp3) is 0. The van der Waals surface area contributed by atoms with Gasteiger partial charge in [0.25, 0.3) is 0 Å². The molecule has 0 saturated heterocycles. The maximum absolute atomic E-state index is 0. The predicted molar refractivity (Wildman–Crippen MR) is 30.7 cm³/mol. The van der Waals surface area contributed by atoms with Gasteiger partial charge in [-0.2, -0.15) is 27.0 Å². The predicted octanol–water partition coefficient (Wildman–Crippen LogP) is -0.961. The van der Waals surface area contributed by atoms with Crippen LogP contribution in [0.3, 0.4) is 0 Å². The summed E-state index contributed by atoms with van der Waals surface area (Å²) in [5.74, 6) is 0. The fourth-order valence-corrected chi connectivity index (χ4v) is 0. The molecule has 0 saturated carbocycles. The van der Waals surface area contributed by atoms with Crippen molar-refractivity contribution in [2.24, 2.45) is 0 Å². The molecule has 0 unspecified atom stereocenters. The molecule has 0 aromatic rings. The zero-order valence-corrected chi connectivity index (χ0v) is 4.24. The second-order valence-corrected chi connectivity index (χ2v) is 0. The third-order valence-electron chi connectivity index (χ3n) is 0. The van der Waals surface area contributed by atoms with Crippen molar-refractivity contribution >= 4 is 44.4 Å². The Morgan fingerprint density at radius 1 is 0.750 bits per heavy atom. The molecular weight excluding hydrogens is 155 g/mol. The zero-order chi connectivity index (χ0) is 0. The van der Waals surface area contributed by atoms with Crippen molar-refractivity contribution in [2.75, 3.05) is 0 Å². The third kappa shape index (κ3) is 9.26. The molecule has 0 aliphatic rings. The van der Waals surface area contributed by atoms with E-state index >= 15 is 0 Å². The first-order chi connectivity index (χ1) is 0. The topological polar surface area (TPSA) is 0 Å². The van der Waals surface area contributed by atoms with Gasteiger partial charge in [0.15, 0.2) is 17.4 Å². The first-order valence-electron chi connectivity index (χ1n) is 0. The van der Waals surface area contributed by atoms with Crippen LogP contribution in [0.25, 0.3) is 0 Å². The average Bonchev–Trinajstić information content (AvgIpc) is 0. The Labute approximate surface area is 61.2 Å². The maximum atomic E-state index is 0. The second-order valence-electron chi connectivity index (χ2n) is 0. The third-order valence-corrected chi connectivity index (χ3v) is 0. The van der Waals surface area contributed by atoms with Crippen LogP contribution in [0.4, 0.5) is 0 Å². The minimum absolute atomic E-state index is 0. The second kappa shape index (κ2) is 21.8. The number of rotatable bonds is 0. The molecule has 0 bridgehead atoms. The minimum Gasteiger partial charge on any atom is -0.197 e. The quantitative estimate of drug-likeness (QED) is 0.402. The molecule has 0 heterocycles. The molecule has 0 N–H and O–H groups in total. The van der Waals surface area contributed by atoms with E-state index in [1.807, 2.05) is 0 Å². The Morgan fingerprint density at radius 3 is 0.750 bits per heavy atom. The monoisotopic (exact) mass is 161 g/mol. The fourth-order valence-electron chi connectivity index (χ4n) is 0. The molecule has 0 atom stereocenters. The molecule has 0 aliphatic heterocycles.